The fourth-order valence-electron chi connectivity index (χ4n) is 3.98. The second-order valence-corrected chi connectivity index (χ2v) is 8.12. The van der Waals surface area contributed by atoms with Crippen molar-refractivity contribution in [2.24, 2.45) is 10.9 Å². The molecule has 0 saturated carbocycles. The van der Waals surface area contributed by atoms with Gasteiger partial charge in [-0.05, 0) is 25.1 Å². The smallest absolute Gasteiger partial charge is 0.341 e. The van der Waals surface area contributed by atoms with Gasteiger partial charge < -0.3 is 20.6 Å². The van der Waals surface area contributed by atoms with Gasteiger partial charge in [-0.15, -0.1) is 0 Å². The maximum Gasteiger partial charge on any atom is 0.341 e. The van der Waals surface area contributed by atoms with Crippen LogP contribution in [-0.4, -0.2) is 52.1 Å². The number of rotatable bonds is 4. The number of halogens is 3. The van der Waals surface area contributed by atoms with E-state index in [1.54, 1.807) is 11.8 Å². The summed E-state index contributed by atoms with van der Waals surface area (Å²) in [5, 5.41) is 13.0. The number of aromatic nitrogens is 2. The predicted molar refractivity (Wildman–Crippen MR) is 118 cm³/mol. The molecule has 0 aliphatic carbocycles. The molecule has 1 aliphatic heterocycles. The Morgan fingerprint density at radius 3 is 2.62 bits per heavy atom. The molecule has 1 aromatic carbocycles. The van der Waals surface area contributed by atoms with Crippen LogP contribution in [-0.2, 0) is 4.84 Å². The van der Waals surface area contributed by atoms with Gasteiger partial charge in [-0.1, -0.05) is 5.16 Å². The average Bonchev–Trinajstić information content (AvgIpc) is 2.75. The van der Waals surface area contributed by atoms with E-state index in [1.165, 1.54) is 7.11 Å². The van der Waals surface area contributed by atoms with Gasteiger partial charge in [0.2, 0.25) is 5.43 Å². The van der Waals surface area contributed by atoms with Crippen LogP contribution in [0.5, 0.6) is 0 Å². The van der Waals surface area contributed by atoms with Gasteiger partial charge in [0, 0.05) is 31.8 Å². The van der Waals surface area contributed by atoms with Gasteiger partial charge in [-0.3, -0.25) is 9.36 Å². The monoisotopic (exact) mass is 475 g/mol. The first kappa shape index (κ1) is 23.2. The lowest BCUT2D eigenvalue weighted by atomic mass is 9.90. The van der Waals surface area contributed by atoms with Crippen LogP contribution in [0.3, 0.4) is 0 Å². The Labute approximate surface area is 190 Å². The molecule has 0 spiro atoms. The number of carboxylic acid groups (broad SMARTS) is 1. The maximum absolute atomic E-state index is 15.2. The highest BCUT2D eigenvalue weighted by Crippen LogP contribution is 2.28. The highest BCUT2D eigenvalue weighted by molar-refractivity contribution is 5.95. The first-order valence-electron chi connectivity index (χ1n) is 10.1. The normalized spacial score (nSPS) is 19.6. The molecule has 9 nitrogen and oxygen atoms in total. The standard InChI is InChI=1S/C22H20F3N5O4/c1-22(26)10-29(6-5-17(22)28-34-2)20-15(25)8-12-18(31)13(21(32)33)9-30(19(12)27-20)16-4-3-11(23)7-14(16)24/h3-4,7-9H,5-6,10,26H2,1-2H3,(H,32,33)/b28-17-. The van der Waals surface area contributed by atoms with E-state index >= 15 is 4.39 Å². The van der Waals surface area contributed by atoms with Crippen LogP contribution in [0.4, 0.5) is 19.0 Å². The number of hydrogen-bond acceptors (Lipinski definition) is 7. The lowest BCUT2D eigenvalue weighted by molar-refractivity contribution is 0.0695. The predicted octanol–water partition coefficient (Wildman–Crippen LogP) is 2.43. The Morgan fingerprint density at radius 2 is 2.00 bits per heavy atom. The largest absolute Gasteiger partial charge is 0.477 e. The lowest BCUT2D eigenvalue weighted by Gasteiger charge is -2.39. The van der Waals surface area contributed by atoms with Gasteiger partial charge in [-0.2, -0.15) is 0 Å². The minimum Gasteiger partial charge on any atom is -0.477 e. The number of hydrogen-bond donors (Lipinski definition) is 2. The van der Waals surface area contributed by atoms with E-state index in [4.69, 9.17) is 10.6 Å². The second-order valence-electron chi connectivity index (χ2n) is 8.12. The summed E-state index contributed by atoms with van der Waals surface area (Å²) < 4.78 is 44.2. The first-order valence-corrected chi connectivity index (χ1v) is 10.1. The van der Waals surface area contributed by atoms with E-state index in [1.807, 2.05) is 0 Å². The molecule has 1 atom stereocenters. The van der Waals surface area contributed by atoms with Crippen molar-refractivity contribution in [3.8, 4) is 5.69 Å². The average molecular weight is 475 g/mol. The Balaban J connectivity index is 1.95. The summed E-state index contributed by atoms with van der Waals surface area (Å²) in [5.74, 6) is -4.52. The number of oxime groups is 1. The summed E-state index contributed by atoms with van der Waals surface area (Å²) >= 11 is 0. The highest BCUT2D eigenvalue weighted by Gasteiger charge is 2.35. The number of fused-ring (bicyclic) bond motifs is 1. The summed E-state index contributed by atoms with van der Waals surface area (Å²) in [5.41, 5.74) is 3.73. The van der Waals surface area contributed by atoms with Crippen molar-refractivity contribution in [3.63, 3.8) is 0 Å². The summed E-state index contributed by atoms with van der Waals surface area (Å²) in [6.07, 6.45) is 1.22. The van der Waals surface area contributed by atoms with Crippen LogP contribution >= 0.6 is 0 Å². The molecule has 1 unspecified atom stereocenters. The van der Waals surface area contributed by atoms with E-state index in [0.717, 1.165) is 29.0 Å². The lowest BCUT2D eigenvalue weighted by Crippen LogP contribution is -2.59. The van der Waals surface area contributed by atoms with Crippen molar-refractivity contribution < 1.29 is 27.9 Å². The molecule has 2 aromatic heterocycles. The Hall–Kier alpha value is -3.93. The number of carbonyl (C=O) groups is 1. The summed E-state index contributed by atoms with van der Waals surface area (Å²) in [6.45, 7) is 2.07. The van der Waals surface area contributed by atoms with E-state index in [9.17, 15) is 23.5 Å². The van der Waals surface area contributed by atoms with E-state index in [2.05, 4.69) is 10.1 Å². The molecule has 1 aliphatic rings. The molecule has 0 amide bonds. The molecule has 1 fully saturated rings. The Kier molecular flexibility index (Phi) is 5.77. The highest BCUT2D eigenvalue weighted by atomic mass is 19.1. The van der Waals surface area contributed by atoms with Gasteiger partial charge in [0.15, 0.2) is 17.3 Å². The molecular formula is C22H20F3N5O4. The fourth-order valence-corrected chi connectivity index (χ4v) is 3.98. The molecule has 12 heteroatoms. The van der Waals surface area contributed by atoms with Gasteiger partial charge in [0.25, 0.3) is 0 Å². The van der Waals surface area contributed by atoms with Crippen LogP contribution in [0.2, 0.25) is 0 Å². The van der Waals surface area contributed by atoms with E-state index in [-0.39, 0.29) is 35.6 Å². The third-order valence-electron chi connectivity index (χ3n) is 5.61. The van der Waals surface area contributed by atoms with Crippen LogP contribution < -0.4 is 16.1 Å². The fraction of sp³-hybridized carbons (Fsp3) is 0.273. The third-order valence-corrected chi connectivity index (χ3v) is 5.61. The number of benzene rings is 1. The van der Waals surface area contributed by atoms with E-state index in [0.29, 0.717) is 18.2 Å². The zero-order valence-corrected chi connectivity index (χ0v) is 18.2. The number of nitrogens with two attached hydrogens (primary N) is 1. The molecule has 34 heavy (non-hydrogen) atoms. The van der Waals surface area contributed by atoms with Crippen molar-refractivity contribution in [3.05, 3.63) is 63.7 Å². The maximum atomic E-state index is 15.2. The van der Waals surface area contributed by atoms with Gasteiger partial charge >= 0.3 is 5.97 Å². The van der Waals surface area contributed by atoms with Crippen LogP contribution in [0.15, 0.2) is 40.4 Å². The summed E-state index contributed by atoms with van der Waals surface area (Å²) in [7, 11) is 1.39. The summed E-state index contributed by atoms with van der Waals surface area (Å²) in [4.78, 5) is 35.0. The molecule has 3 heterocycles. The molecule has 3 N–H and O–H groups in total. The Morgan fingerprint density at radius 1 is 1.26 bits per heavy atom. The van der Waals surface area contributed by atoms with Gasteiger partial charge in [0.05, 0.1) is 22.3 Å². The van der Waals surface area contributed by atoms with Gasteiger partial charge in [-0.25, -0.2) is 22.9 Å². The minimum atomic E-state index is -1.59. The van der Waals surface area contributed by atoms with E-state index < -0.39 is 40.0 Å². The minimum absolute atomic E-state index is 0.104. The molecule has 4 rings (SSSR count). The number of anilines is 1. The van der Waals surface area contributed by atoms with Crippen molar-refractivity contribution in [1.29, 1.82) is 0 Å². The number of pyridine rings is 2. The van der Waals surface area contributed by atoms with Gasteiger partial charge in [0.1, 0.15) is 24.3 Å². The molecule has 1 saturated heterocycles. The van der Waals surface area contributed by atoms with Crippen molar-refractivity contribution in [2.45, 2.75) is 18.9 Å². The van der Waals surface area contributed by atoms with Crippen molar-refractivity contribution >= 4 is 28.5 Å². The molecule has 178 valence electrons. The van der Waals surface area contributed by atoms with Crippen LogP contribution in [0, 0.1) is 17.5 Å². The second kappa shape index (κ2) is 8.45. The van der Waals surface area contributed by atoms with Crippen LogP contribution in [0.1, 0.15) is 23.7 Å². The number of piperidine rings is 1. The quantitative estimate of drug-likeness (QED) is 0.556. The molecule has 0 bridgehead atoms. The molecule has 3 aromatic rings. The van der Waals surface area contributed by atoms with Crippen molar-refractivity contribution in [1.82, 2.24) is 9.55 Å². The number of nitrogens with zero attached hydrogens (tertiary/aromatic N) is 4. The zero-order chi connectivity index (χ0) is 24.8. The topological polar surface area (TPSA) is 123 Å². The molecular weight excluding hydrogens is 455 g/mol. The first-order chi connectivity index (χ1) is 16.0. The molecule has 0 radical (unpaired) electrons. The number of aromatic carboxylic acids is 1. The Bertz CT molecular complexity index is 1400. The SMILES string of the molecule is CO/N=C1/CCN(c2nc3c(cc2F)c(=O)c(C(=O)O)cn3-c2ccc(F)cc2F)CC1(C)N. The number of carboxylic acids is 1. The summed E-state index contributed by atoms with van der Waals surface area (Å²) in [6, 6.07) is 3.49. The zero-order valence-electron chi connectivity index (χ0n) is 18.2. The third kappa shape index (κ3) is 3.96. The van der Waals surface area contributed by atoms with Crippen LogP contribution in [0.25, 0.3) is 16.7 Å². The van der Waals surface area contributed by atoms with Crippen molar-refractivity contribution in [2.75, 3.05) is 25.1 Å².